The van der Waals surface area contributed by atoms with Crippen molar-refractivity contribution in [2.45, 2.75) is 26.3 Å². The number of hydrogen-bond acceptors (Lipinski definition) is 4. The van der Waals surface area contributed by atoms with Crippen molar-refractivity contribution in [1.29, 1.82) is 0 Å². The van der Waals surface area contributed by atoms with Crippen LogP contribution in [-0.4, -0.2) is 31.2 Å². The number of rotatable bonds is 5. The Labute approximate surface area is 124 Å². The average molecular weight is 309 g/mol. The third kappa shape index (κ3) is 3.94. The summed E-state index contributed by atoms with van der Waals surface area (Å²) in [5.74, 6) is 0.0642. The third-order valence-electron chi connectivity index (χ3n) is 2.94. The first-order valence-corrected chi connectivity index (χ1v) is 8.16. The maximum absolute atomic E-state index is 12.1. The molecule has 0 bridgehead atoms. The Morgan fingerprint density at radius 1 is 1.33 bits per heavy atom. The van der Waals surface area contributed by atoms with E-state index in [1.807, 2.05) is 37.3 Å². The summed E-state index contributed by atoms with van der Waals surface area (Å²) in [6.07, 6.45) is 1.60. The van der Waals surface area contributed by atoms with Gasteiger partial charge in [0.2, 0.25) is 11.9 Å². The van der Waals surface area contributed by atoms with Gasteiger partial charge in [0.1, 0.15) is 0 Å². The molecule has 1 heterocycles. The van der Waals surface area contributed by atoms with E-state index in [1.165, 1.54) is 0 Å². The second-order valence-corrected chi connectivity index (χ2v) is 6.15. The molecule has 0 saturated carbocycles. The van der Waals surface area contributed by atoms with Gasteiger partial charge >= 0.3 is 10.2 Å². The van der Waals surface area contributed by atoms with Crippen molar-refractivity contribution in [2.24, 2.45) is 15.1 Å². The Bertz CT molecular complexity index is 640. The summed E-state index contributed by atoms with van der Waals surface area (Å²) in [4.78, 5) is 4.33. The molecule has 1 aliphatic heterocycles. The summed E-state index contributed by atoms with van der Waals surface area (Å²) < 4.78 is 28.7. The number of aliphatic imine (C=N–C) groups is 1. The Morgan fingerprint density at radius 3 is 2.71 bits per heavy atom. The fourth-order valence-corrected chi connectivity index (χ4v) is 2.95. The molecular weight excluding hydrogens is 290 g/mol. The zero-order chi connectivity index (χ0) is 15.3. The van der Waals surface area contributed by atoms with Crippen molar-refractivity contribution in [3.8, 4) is 0 Å². The molecule has 3 N–H and O–H groups in total. The molecule has 0 fully saturated rings. The topological polar surface area (TPSA) is 100 Å². The van der Waals surface area contributed by atoms with E-state index in [2.05, 4.69) is 14.7 Å². The van der Waals surface area contributed by atoms with Gasteiger partial charge in [0.05, 0.1) is 6.54 Å². The van der Waals surface area contributed by atoms with Crippen LogP contribution in [0.1, 0.15) is 25.3 Å². The predicted molar refractivity (Wildman–Crippen MR) is 82.9 cm³/mol. The summed E-state index contributed by atoms with van der Waals surface area (Å²) in [5.41, 5.74) is 6.50. The Hall–Kier alpha value is -2.09. The van der Waals surface area contributed by atoms with E-state index >= 15 is 0 Å². The predicted octanol–water partition coefficient (Wildman–Crippen LogP) is 0.807. The molecule has 1 aromatic carbocycles. The van der Waals surface area contributed by atoms with Gasteiger partial charge < -0.3 is 5.73 Å². The summed E-state index contributed by atoms with van der Waals surface area (Å²) in [6.45, 7) is 2.69. The van der Waals surface area contributed by atoms with Gasteiger partial charge in [-0.3, -0.25) is 5.32 Å². The third-order valence-corrected chi connectivity index (χ3v) is 4.28. The molecule has 0 atom stereocenters. The van der Waals surface area contributed by atoms with Crippen LogP contribution in [-0.2, 0) is 16.8 Å². The second-order valence-electron chi connectivity index (χ2n) is 4.63. The molecule has 0 amide bonds. The standard InChI is InChI=1S/C13H19N5O2S/c1-2-3-9-18-13(16-12(14)17-21(18,19)20)15-10-11-7-5-4-6-8-11/h4-8H,2-3,9-10H2,1H3,(H3,14,15,16,17). The molecule has 21 heavy (non-hydrogen) atoms. The summed E-state index contributed by atoms with van der Waals surface area (Å²) in [6, 6.07) is 9.58. The lowest BCUT2D eigenvalue weighted by atomic mass is 10.2. The molecule has 8 heteroatoms. The van der Waals surface area contributed by atoms with E-state index in [1.54, 1.807) is 0 Å². The van der Waals surface area contributed by atoms with Crippen molar-refractivity contribution in [1.82, 2.24) is 9.62 Å². The minimum absolute atomic E-state index is 0.158. The highest BCUT2D eigenvalue weighted by molar-refractivity contribution is 7.88. The zero-order valence-corrected chi connectivity index (χ0v) is 12.7. The van der Waals surface area contributed by atoms with E-state index in [4.69, 9.17) is 5.73 Å². The minimum atomic E-state index is -3.80. The molecule has 0 saturated heterocycles. The zero-order valence-electron chi connectivity index (χ0n) is 11.9. The summed E-state index contributed by atoms with van der Waals surface area (Å²) in [7, 11) is -3.80. The molecule has 2 rings (SSSR count). The number of hydrogen-bond donors (Lipinski definition) is 2. The summed E-state index contributed by atoms with van der Waals surface area (Å²) >= 11 is 0. The van der Waals surface area contributed by atoms with Gasteiger partial charge in [-0.15, -0.1) is 4.40 Å². The van der Waals surface area contributed by atoms with Gasteiger partial charge in [-0.1, -0.05) is 43.7 Å². The minimum Gasteiger partial charge on any atom is -0.369 e. The number of guanidine groups is 2. The fraction of sp³-hybridized carbons (Fsp3) is 0.385. The van der Waals surface area contributed by atoms with E-state index in [9.17, 15) is 8.42 Å². The number of nitrogens with one attached hydrogen (secondary N) is 1. The van der Waals surface area contributed by atoms with Crippen molar-refractivity contribution in [3.05, 3.63) is 35.9 Å². The van der Waals surface area contributed by atoms with Gasteiger partial charge in [-0.2, -0.15) is 8.42 Å². The second kappa shape index (κ2) is 6.57. The van der Waals surface area contributed by atoms with Crippen LogP contribution in [0.5, 0.6) is 0 Å². The molecule has 0 aromatic heterocycles. The van der Waals surface area contributed by atoms with Crippen molar-refractivity contribution in [3.63, 3.8) is 0 Å². The number of unbranched alkanes of at least 4 members (excludes halogenated alkanes) is 1. The van der Waals surface area contributed by atoms with Gasteiger partial charge in [-0.25, -0.2) is 9.30 Å². The van der Waals surface area contributed by atoms with Crippen LogP contribution >= 0.6 is 0 Å². The van der Waals surface area contributed by atoms with Crippen molar-refractivity contribution >= 4 is 22.1 Å². The van der Waals surface area contributed by atoms with Crippen LogP contribution in [0.4, 0.5) is 0 Å². The molecule has 0 aliphatic carbocycles. The van der Waals surface area contributed by atoms with Gasteiger partial charge in [0, 0.05) is 6.54 Å². The van der Waals surface area contributed by atoms with Crippen LogP contribution in [0.3, 0.4) is 0 Å². The lowest BCUT2D eigenvalue weighted by Crippen LogP contribution is -2.54. The number of benzene rings is 1. The van der Waals surface area contributed by atoms with Crippen LogP contribution in [0.2, 0.25) is 0 Å². The Kier molecular flexibility index (Phi) is 4.79. The molecule has 0 radical (unpaired) electrons. The van der Waals surface area contributed by atoms with E-state index in [0.717, 1.165) is 22.7 Å². The molecular formula is C13H19N5O2S. The normalized spacial score (nSPS) is 19.2. The largest absolute Gasteiger partial charge is 0.369 e. The van der Waals surface area contributed by atoms with E-state index < -0.39 is 10.2 Å². The lowest BCUT2D eigenvalue weighted by molar-refractivity contribution is 0.501. The van der Waals surface area contributed by atoms with Crippen molar-refractivity contribution in [2.75, 3.05) is 6.54 Å². The molecule has 114 valence electrons. The maximum atomic E-state index is 12.1. The molecule has 0 spiro atoms. The molecule has 0 unspecified atom stereocenters. The van der Waals surface area contributed by atoms with Gasteiger partial charge in [0.15, 0.2) is 0 Å². The number of nitrogens with two attached hydrogens (primary N) is 1. The van der Waals surface area contributed by atoms with Gasteiger partial charge in [0.25, 0.3) is 0 Å². The number of nitrogens with zero attached hydrogens (tertiary/aromatic N) is 3. The van der Waals surface area contributed by atoms with Crippen LogP contribution in [0, 0.1) is 0 Å². The van der Waals surface area contributed by atoms with Gasteiger partial charge in [-0.05, 0) is 12.0 Å². The molecule has 1 aliphatic rings. The highest BCUT2D eigenvalue weighted by Gasteiger charge is 2.29. The first-order valence-electron chi connectivity index (χ1n) is 6.76. The van der Waals surface area contributed by atoms with Crippen LogP contribution in [0.25, 0.3) is 0 Å². The first-order chi connectivity index (χ1) is 10.0. The first kappa shape index (κ1) is 15.3. The van der Waals surface area contributed by atoms with Crippen molar-refractivity contribution < 1.29 is 8.42 Å². The highest BCUT2D eigenvalue weighted by Crippen LogP contribution is 2.11. The SMILES string of the molecule is CCCCN1C(=NCc2ccccc2)NC(N)=NS1(=O)=O. The average Bonchev–Trinajstić information content (AvgIpc) is 2.44. The van der Waals surface area contributed by atoms with Crippen LogP contribution in [0.15, 0.2) is 39.7 Å². The highest BCUT2D eigenvalue weighted by atomic mass is 32.2. The molecule has 7 nitrogen and oxygen atoms in total. The quantitative estimate of drug-likeness (QED) is 0.840. The van der Waals surface area contributed by atoms with Crippen LogP contribution < -0.4 is 11.1 Å². The summed E-state index contributed by atoms with van der Waals surface area (Å²) in [5, 5.41) is 2.73. The van der Waals surface area contributed by atoms with E-state index in [-0.39, 0.29) is 11.9 Å². The lowest BCUT2D eigenvalue weighted by Gasteiger charge is -2.27. The Morgan fingerprint density at radius 2 is 2.05 bits per heavy atom. The maximum Gasteiger partial charge on any atom is 0.350 e. The van der Waals surface area contributed by atoms with E-state index in [0.29, 0.717) is 13.1 Å². The Balaban J connectivity index is 2.24. The molecule has 1 aromatic rings. The monoisotopic (exact) mass is 309 g/mol. The fourth-order valence-electron chi connectivity index (χ4n) is 1.87. The smallest absolute Gasteiger partial charge is 0.350 e.